The quantitative estimate of drug-likeness (QED) is 0.668. The van der Waals surface area contributed by atoms with Gasteiger partial charge < -0.3 is 16.2 Å². The monoisotopic (exact) mass is 256 g/mol. The molecule has 0 radical (unpaired) electrons. The minimum atomic E-state index is -0.606. The maximum Gasteiger partial charge on any atom is 0.227 e. The lowest BCUT2D eigenvalue weighted by Gasteiger charge is -2.36. The molecule has 0 aromatic heterocycles. The molecule has 0 aromatic rings. The Morgan fingerprint density at radius 1 is 1.33 bits per heavy atom. The third-order valence-corrected chi connectivity index (χ3v) is 4.41. The highest BCUT2D eigenvalue weighted by atomic mass is 16.3. The van der Waals surface area contributed by atoms with Crippen molar-refractivity contribution >= 4 is 5.91 Å². The molecule has 0 aromatic carbocycles. The van der Waals surface area contributed by atoms with Gasteiger partial charge in [-0.25, -0.2) is 0 Å². The Labute approximate surface area is 110 Å². The van der Waals surface area contributed by atoms with Gasteiger partial charge in [-0.2, -0.15) is 0 Å². The molecule has 0 heterocycles. The van der Waals surface area contributed by atoms with E-state index in [1.807, 2.05) is 13.8 Å². The Hall–Kier alpha value is -0.610. The number of carbonyl (C=O) groups excluding carboxylic acids is 1. The van der Waals surface area contributed by atoms with Crippen molar-refractivity contribution in [3.63, 3.8) is 0 Å². The molecule has 0 aliphatic heterocycles. The van der Waals surface area contributed by atoms with Gasteiger partial charge in [0.05, 0.1) is 17.1 Å². The van der Waals surface area contributed by atoms with E-state index < -0.39 is 17.1 Å². The highest BCUT2D eigenvalue weighted by Gasteiger charge is 2.40. The number of hydrogen-bond donors (Lipinski definition) is 3. The molecule has 1 amide bonds. The van der Waals surface area contributed by atoms with Crippen LogP contribution in [0, 0.1) is 5.41 Å². The van der Waals surface area contributed by atoms with Crippen LogP contribution >= 0.6 is 0 Å². The second-order valence-corrected chi connectivity index (χ2v) is 6.25. The standard InChI is InChI=1S/C14H28N2O2/c1-11(17)13(2,3)16-12(18)14(10-15)8-6-4-5-7-9-14/h11,17H,4-10,15H2,1-3H3,(H,16,18). The number of nitrogens with one attached hydrogen (secondary N) is 1. The van der Waals surface area contributed by atoms with Crippen LogP contribution in [-0.4, -0.2) is 29.2 Å². The summed E-state index contributed by atoms with van der Waals surface area (Å²) in [5.74, 6) is 0.0119. The Kier molecular flexibility index (Phi) is 5.17. The van der Waals surface area contributed by atoms with Gasteiger partial charge in [-0.1, -0.05) is 25.7 Å². The fourth-order valence-corrected chi connectivity index (χ4v) is 2.46. The van der Waals surface area contributed by atoms with Crippen molar-refractivity contribution in [2.45, 2.75) is 70.9 Å². The Balaban J connectivity index is 2.78. The van der Waals surface area contributed by atoms with Crippen molar-refractivity contribution in [1.82, 2.24) is 5.32 Å². The molecule has 4 N–H and O–H groups in total. The van der Waals surface area contributed by atoms with Gasteiger partial charge in [0.25, 0.3) is 0 Å². The molecule has 1 rings (SSSR count). The summed E-state index contributed by atoms with van der Waals surface area (Å²) < 4.78 is 0. The van der Waals surface area contributed by atoms with Crippen molar-refractivity contribution in [3.8, 4) is 0 Å². The topological polar surface area (TPSA) is 75.3 Å². The highest BCUT2D eigenvalue weighted by molar-refractivity contribution is 5.83. The third-order valence-electron chi connectivity index (χ3n) is 4.41. The van der Waals surface area contributed by atoms with Crippen LogP contribution in [-0.2, 0) is 4.79 Å². The number of aliphatic hydroxyl groups is 1. The number of amides is 1. The van der Waals surface area contributed by atoms with E-state index in [-0.39, 0.29) is 5.91 Å². The number of nitrogens with two attached hydrogens (primary N) is 1. The molecule has 1 unspecified atom stereocenters. The molecule has 0 bridgehead atoms. The number of rotatable bonds is 4. The fourth-order valence-electron chi connectivity index (χ4n) is 2.46. The smallest absolute Gasteiger partial charge is 0.227 e. The van der Waals surface area contributed by atoms with Gasteiger partial charge in [0.15, 0.2) is 0 Å². The summed E-state index contributed by atoms with van der Waals surface area (Å²) in [6, 6.07) is 0. The van der Waals surface area contributed by atoms with Gasteiger partial charge in [0, 0.05) is 6.54 Å². The molecule has 1 atom stereocenters. The van der Waals surface area contributed by atoms with E-state index in [1.54, 1.807) is 6.92 Å². The molecule has 4 nitrogen and oxygen atoms in total. The van der Waals surface area contributed by atoms with Crippen molar-refractivity contribution in [3.05, 3.63) is 0 Å². The maximum absolute atomic E-state index is 12.5. The summed E-state index contributed by atoms with van der Waals surface area (Å²) in [5, 5.41) is 12.7. The van der Waals surface area contributed by atoms with Crippen LogP contribution in [0.4, 0.5) is 0 Å². The van der Waals surface area contributed by atoms with E-state index in [9.17, 15) is 9.90 Å². The lowest BCUT2D eigenvalue weighted by atomic mass is 9.78. The first-order valence-corrected chi connectivity index (χ1v) is 7.05. The number of carbonyl (C=O) groups is 1. The molecular weight excluding hydrogens is 228 g/mol. The molecule has 1 saturated carbocycles. The van der Waals surface area contributed by atoms with Crippen LogP contribution in [0.25, 0.3) is 0 Å². The maximum atomic E-state index is 12.5. The van der Waals surface area contributed by atoms with Crippen molar-refractivity contribution in [1.29, 1.82) is 0 Å². The van der Waals surface area contributed by atoms with E-state index in [1.165, 1.54) is 12.8 Å². The average Bonchev–Trinajstić information content (AvgIpc) is 2.54. The normalized spacial score (nSPS) is 22.1. The summed E-state index contributed by atoms with van der Waals surface area (Å²) in [6.07, 6.45) is 5.67. The molecule has 1 fully saturated rings. The third kappa shape index (κ3) is 3.45. The Morgan fingerprint density at radius 3 is 2.22 bits per heavy atom. The van der Waals surface area contributed by atoms with Gasteiger partial charge in [-0.15, -0.1) is 0 Å². The highest BCUT2D eigenvalue weighted by Crippen LogP contribution is 2.35. The summed E-state index contributed by atoms with van der Waals surface area (Å²) in [7, 11) is 0. The summed E-state index contributed by atoms with van der Waals surface area (Å²) >= 11 is 0. The minimum Gasteiger partial charge on any atom is -0.391 e. The van der Waals surface area contributed by atoms with Crippen molar-refractivity contribution in [2.75, 3.05) is 6.54 Å². The molecule has 1 aliphatic carbocycles. The minimum absolute atomic E-state index is 0.0119. The zero-order valence-electron chi connectivity index (χ0n) is 12.0. The van der Waals surface area contributed by atoms with Gasteiger partial charge in [0.1, 0.15) is 0 Å². The van der Waals surface area contributed by atoms with E-state index >= 15 is 0 Å². The Bertz CT molecular complexity index is 280. The molecule has 0 spiro atoms. The first-order chi connectivity index (χ1) is 8.34. The van der Waals surface area contributed by atoms with Crippen LogP contribution in [0.15, 0.2) is 0 Å². The molecule has 4 heteroatoms. The van der Waals surface area contributed by atoms with Gasteiger partial charge >= 0.3 is 0 Å². The lowest BCUT2D eigenvalue weighted by molar-refractivity contribution is -0.134. The van der Waals surface area contributed by atoms with Gasteiger partial charge in [-0.3, -0.25) is 4.79 Å². The fraction of sp³-hybridized carbons (Fsp3) is 0.929. The predicted molar refractivity (Wildman–Crippen MR) is 73.1 cm³/mol. The first kappa shape index (κ1) is 15.4. The van der Waals surface area contributed by atoms with E-state index in [0.717, 1.165) is 25.7 Å². The molecular formula is C14H28N2O2. The van der Waals surface area contributed by atoms with Gasteiger partial charge in [-0.05, 0) is 33.6 Å². The summed E-state index contributed by atoms with van der Waals surface area (Å²) in [4.78, 5) is 12.5. The molecule has 18 heavy (non-hydrogen) atoms. The SMILES string of the molecule is CC(O)C(C)(C)NC(=O)C1(CN)CCCCCC1. The van der Waals surface area contributed by atoms with Gasteiger partial charge in [0.2, 0.25) is 5.91 Å². The Morgan fingerprint density at radius 2 is 1.83 bits per heavy atom. The van der Waals surface area contributed by atoms with Crippen LogP contribution in [0.5, 0.6) is 0 Å². The van der Waals surface area contributed by atoms with Crippen LogP contribution in [0.2, 0.25) is 0 Å². The zero-order valence-corrected chi connectivity index (χ0v) is 12.0. The second kappa shape index (κ2) is 6.02. The molecule has 0 saturated heterocycles. The number of aliphatic hydroxyl groups excluding tert-OH is 1. The van der Waals surface area contributed by atoms with Crippen molar-refractivity contribution < 1.29 is 9.90 Å². The zero-order chi connectivity index (χ0) is 13.8. The van der Waals surface area contributed by atoms with E-state index in [0.29, 0.717) is 6.54 Å². The van der Waals surface area contributed by atoms with Crippen molar-refractivity contribution in [2.24, 2.45) is 11.1 Å². The number of hydrogen-bond acceptors (Lipinski definition) is 3. The van der Waals surface area contributed by atoms with Crippen LogP contribution in [0.3, 0.4) is 0 Å². The summed E-state index contributed by atoms with van der Waals surface area (Å²) in [5.41, 5.74) is 4.85. The second-order valence-electron chi connectivity index (χ2n) is 6.25. The molecule has 1 aliphatic rings. The van der Waals surface area contributed by atoms with E-state index in [4.69, 9.17) is 5.73 Å². The van der Waals surface area contributed by atoms with Crippen LogP contribution in [0.1, 0.15) is 59.3 Å². The average molecular weight is 256 g/mol. The van der Waals surface area contributed by atoms with Crippen LogP contribution < -0.4 is 11.1 Å². The summed E-state index contributed by atoms with van der Waals surface area (Å²) in [6.45, 7) is 5.78. The first-order valence-electron chi connectivity index (χ1n) is 7.05. The largest absolute Gasteiger partial charge is 0.391 e. The predicted octanol–water partition coefficient (Wildman–Crippen LogP) is 1.56. The van der Waals surface area contributed by atoms with E-state index in [2.05, 4.69) is 5.32 Å². The molecule has 106 valence electrons. The lowest BCUT2D eigenvalue weighted by Crippen LogP contribution is -2.57.